The molecule has 2 aromatic carbocycles. The van der Waals surface area contributed by atoms with Crippen LogP contribution >= 0.6 is 45.2 Å². The molecule has 0 spiro atoms. The SMILES string of the molecule is CCNC(Cc1ccc(I)cc1)c1cccc(C)c1I. The molecular formula is C17H19I2N. The fourth-order valence-electron chi connectivity index (χ4n) is 2.33. The second-order valence-corrected chi connectivity index (χ2v) is 7.24. The van der Waals surface area contributed by atoms with Crippen LogP contribution in [0.5, 0.6) is 0 Å². The van der Waals surface area contributed by atoms with Gasteiger partial charge in [0.1, 0.15) is 0 Å². The molecule has 0 fully saturated rings. The van der Waals surface area contributed by atoms with Crippen LogP contribution in [0.15, 0.2) is 42.5 Å². The molecule has 0 aliphatic rings. The first-order chi connectivity index (χ1) is 9.61. The Bertz CT molecular complexity index is 564. The molecular weight excluding hydrogens is 472 g/mol. The highest BCUT2D eigenvalue weighted by Crippen LogP contribution is 2.26. The van der Waals surface area contributed by atoms with Crippen LogP contribution < -0.4 is 5.32 Å². The van der Waals surface area contributed by atoms with Crippen molar-refractivity contribution in [1.82, 2.24) is 5.32 Å². The zero-order valence-corrected chi connectivity index (χ0v) is 16.1. The molecule has 0 heterocycles. The van der Waals surface area contributed by atoms with Gasteiger partial charge in [-0.1, -0.05) is 37.3 Å². The van der Waals surface area contributed by atoms with Crippen LogP contribution in [-0.2, 0) is 6.42 Å². The maximum absolute atomic E-state index is 3.62. The number of hydrogen-bond donors (Lipinski definition) is 1. The lowest BCUT2D eigenvalue weighted by atomic mass is 9.97. The molecule has 106 valence electrons. The van der Waals surface area contributed by atoms with Gasteiger partial charge in [-0.05, 0) is 93.9 Å². The van der Waals surface area contributed by atoms with Crippen LogP contribution in [0.25, 0.3) is 0 Å². The molecule has 1 atom stereocenters. The molecule has 3 heteroatoms. The third kappa shape index (κ3) is 4.18. The third-order valence-electron chi connectivity index (χ3n) is 3.40. The van der Waals surface area contributed by atoms with E-state index in [1.807, 2.05) is 0 Å². The Morgan fingerprint density at radius 2 is 1.75 bits per heavy atom. The summed E-state index contributed by atoms with van der Waals surface area (Å²) in [6, 6.07) is 15.8. The van der Waals surface area contributed by atoms with Crippen molar-refractivity contribution >= 4 is 45.2 Å². The highest BCUT2D eigenvalue weighted by molar-refractivity contribution is 14.1. The van der Waals surface area contributed by atoms with Gasteiger partial charge in [0.05, 0.1) is 0 Å². The summed E-state index contributed by atoms with van der Waals surface area (Å²) in [7, 11) is 0. The first kappa shape index (κ1) is 16.2. The van der Waals surface area contributed by atoms with E-state index in [9.17, 15) is 0 Å². The Morgan fingerprint density at radius 3 is 2.40 bits per heavy atom. The normalized spacial score (nSPS) is 12.4. The monoisotopic (exact) mass is 491 g/mol. The zero-order valence-electron chi connectivity index (χ0n) is 11.8. The van der Waals surface area contributed by atoms with E-state index in [1.165, 1.54) is 23.8 Å². The summed E-state index contributed by atoms with van der Waals surface area (Å²) in [5, 5.41) is 3.62. The molecule has 0 aliphatic carbocycles. The molecule has 2 rings (SSSR count). The van der Waals surface area contributed by atoms with Gasteiger partial charge in [0.25, 0.3) is 0 Å². The van der Waals surface area contributed by atoms with Crippen LogP contribution in [0.4, 0.5) is 0 Å². The fourth-order valence-corrected chi connectivity index (χ4v) is 3.43. The minimum atomic E-state index is 0.381. The van der Waals surface area contributed by atoms with Crippen molar-refractivity contribution in [3.8, 4) is 0 Å². The molecule has 0 saturated heterocycles. The molecule has 1 nitrogen and oxygen atoms in total. The van der Waals surface area contributed by atoms with Crippen LogP contribution in [-0.4, -0.2) is 6.54 Å². The summed E-state index contributed by atoms with van der Waals surface area (Å²) >= 11 is 4.82. The summed E-state index contributed by atoms with van der Waals surface area (Å²) in [5.41, 5.74) is 4.15. The van der Waals surface area contributed by atoms with Crippen molar-refractivity contribution in [2.24, 2.45) is 0 Å². The van der Waals surface area contributed by atoms with E-state index >= 15 is 0 Å². The fraction of sp³-hybridized carbons (Fsp3) is 0.294. The number of benzene rings is 2. The van der Waals surface area contributed by atoms with Crippen molar-refractivity contribution in [2.45, 2.75) is 26.3 Å². The van der Waals surface area contributed by atoms with E-state index in [1.54, 1.807) is 0 Å². The molecule has 0 aliphatic heterocycles. The summed E-state index contributed by atoms with van der Waals surface area (Å²) in [4.78, 5) is 0. The molecule has 0 amide bonds. The summed E-state index contributed by atoms with van der Waals surface area (Å²) in [5.74, 6) is 0. The zero-order chi connectivity index (χ0) is 14.5. The van der Waals surface area contributed by atoms with Crippen molar-refractivity contribution in [3.63, 3.8) is 0 Å². The van der Waals surface area contributed by atoms with Gasteiger partial charge < -0.3 is 5.32 Å². The van der Waals surface area contributed by atoms with Crippen molar-refractivity contribution < 1.29 is 0 Å². The Hall–Kier alpha value is -0.140. The lowest BCUT2D eigenvalue weighted by Gasteiger charge is -2.21. The maximum atomic E-state index is 3.62. The highest BCUT2D eigenvalue weighted by Gasteiger charge is 2.15. The third-order valence-corrected chi connectivity index (χ3v) is 5.59. The van der Waals surface area contributed by atoms with Gasteiger partial charge in [-0.3, -0.25) is 0 Å². The van der Waals surface area contributed by atoms with E-state index < -0.39 is 0 Å². The minimum absolute atomic E-state index is 0.381. The quantitative estimate of drug-likeness (QED) is 0.575. The van der Waals surface area contributed by atoms with Crippen LogP contribution in [0, 0.1) is 14.1 Å². The molecule has 0 aromatic heterocycles. The largest absolute Gasteiger partial charge is 0.310 e. The Morgan fingerprint density at radius 1 is 1.05 bits per heavy atom. The summed E-state index contributed by atoms with van der Waals surface area (Å²) < 4.78 is 2.66. The number of hydrogen-bond acceptors (Lipinski definition) is 1. The first-order valence-electron chi connectivity index (χ1n) is 6.84. The second-order valence-electron chi connectivity index (χ2n) is 4.92. The van der Waals surface area contributed by atoms with E-state index in [4.69, 9.17) is 0 Å². The van der Waals surface area contributed by atoms with Crippen molar-refractivity contribution in [3.05, 3.63) is 66.3 Å². The second kappa shape index (κ2) is 7.75. The van der Waals surface area contributed by atoms with E-state index in [2.05, 4.69) is 107 Å². The predicted octanol–water partition coefficient (Wildman–Crippen LogP) is 5.10. The van der Waals surface area contributed by atoms with E-state index in [-0.39, 0.29) is 0 Å². The number of nitrogens with one attached hydrogen (secondary N) is 1. The molecule has 20 heavy (non-hydrogen) atoms. The molecule has 0 radical (unpaired) electrons. The molecule has 1 N–H and O–H groups in total. The topological polar surface area (TPSA) is 12.0 Å². The van der Waals surface area contributed by atoms with Gasteiger partial charge in [0, 0.05) is 13.2 Å². The van der Waals surface area contributed by atoms with Gasteiger partial charge in [-0.25, -0.2) is 0 Å². The summed E-state index contributed by atoms with van der Waals surface area (Å²) in [6.07, 6.45) is 1.03. The molecule has 0 bridgehead atoms. The lowest BCUT2D eigenvalue weighted by Crippen LogP contribution is -2.24. The number of halogens is 2. The first-order valence-corrected chi connectivity index (χ1v) is 9.00. The van der Waals surface area contributed by atoms with Crippen molar-refractivity contribution in [2.75, 3.05) is 6.54 Å². The van der Waals surface area contributed by atoms with Gasteiger partial charge in [0.15, 0.2) is 0 Å². The lowest BCUT2D eigenvalue weighted by molar-refractivity contribution is 0.547. The Kier molecular flexibility index (Phi) is 6.29. The van der Waals surface area contributed by atoms with Crippen LogP contribution in [0.1, 0.15) is 29.7 Å². The summed E-state index contributed by atoms with van der Waals surface area (Å²) in [6.45, 7) is 5.34. The smallest absolute Gasteiger partial charge is 0.0371 e. The minimum Gasteiger partial charge on any atom is -0.310 e. The molecule has 1 unspecified atom stereocenters. The molecule has 2 aromatic rings. The average Bonchev–Trinajstić information content (AvgIpc) is 2.44. The van der Waals surface area contributed by atoms with Gasteiger partial charge in [0.2, 0.25) is 0 Å². The predicted molar refractivity (Wildman–Crippen MR) is 103 cm³/mol. The standard InChI is InChI=1S/C17H19I2N/c1-3-20-16(11-13-7-9-14(18)10-8-13)15-6-4-5-12(2)17(15)19/h4-10,16,20H,3,11H2,1-2H3. The number of rotatable bonds is 5. The van der Waals surface area contributed by atoms with E-state index in [0.717, 1.165) is 13.0 Å². The Labute approximate surface area is 148 Å². The highest BCUT2D eigenvalue weighted by atomic mass is 127. The van der Waals surface area contributed by atoms with E-state index in [0.29, 0.717) is 6.04 Å². The average molecular weight is 491 g/mol. The maximum Gasteiger partial charge on any atom is 0.0371 e. The van der Waals surface area contributed by atoms with Crippen molar-refractivity contribution in [1.29, 1.82) is 0 Å². The molecule has 0 saturated carbocycles. The Balaban J connectivity index is 2.26. The number of likely N-dealkylation sites (N-methyl/N-ethyl adjacent to an activating group) is 1. The number of aryl methyl sites for hydroxylation is 1. The van der Waals surface area contributed by atoms with Gasteiger partial charge in [-0.2, -0.15) is 0 Å². The van der Waals surface area contributed by atoms with Crippen LogP contribution in [0.3, 0.4) is 0 Å². The van der Waals surface area contributed by atoms with Crippen LogP contribution in [0.2, 0.25) is 0 Å². The van der Waals surface area contributed by atoms with Gasteiger partial charge >= 0.3 is 0 Å². The van der Waals surface area contributed by atoms with Gasteiger partial charge in [-0.15, -0.1) is 0 Å².